The number of hydrogen-bond acceptors (Lipinski definition) is 5. The van der Waals surface area contributed by atoms with E-state index in [1.807, 2.05) is 38.2 Å². The van der Waals surface area contributed by atoms with Crippen LogP contribution in [-0.2, 0) is 4.74 Å². The smallest absolute Gasteiger partial charge is 0.140 e. The van der Waals surface area contributed by atoms with Crippen molar-refractivity contribution in [3.8, 4) is 0 Å². The van der Waals surface area contributed by atoms with Gasteiger partial charge in [0.15, 0.2) is 0 Å². The fraction of sp³-hybridized carbons (Fsp3) is 0.690. The molecule has 2 N–H and O–H groups in total. The quantitative estimate of drug-likeness (QED) is 0.675. The number of hydrogen-bond donors (Lipinski definition) is 2. The average Bonchev–Trinajstić information content (AvgIpc) is 3.34. The lowest BCUT2D eigenvalue weighted by Gasteiger charge is -2.64. The first-order chi connectivity index (χ1) is 16.6. The highest BCUT2D eigenvalue weighted by Crippen LogP contribution is 2.72. The number of aromatic nitrogens is 1. The van der Waals surface area contributed by atoms with E-state index in [9.17, 15) is 10.2 Å². The van der Waals surface area contributed by atoms with E-state index in [0.29, 0.717) is 19.3 Å². The highest BCUT2D eigenvalue weighted by molar-refractivity contribution is 5.56. The summed E-state index contributed by atoms with van der Waals surface area (Å²) in [7, 11) is 3.87. The van der Waals surface area contributed by atoms with E-state index in [1.165, 1.54) is 5.57 Å². The van der Waals surface area contributed by atoms with Crippen molar-refractivity contribution in [2.75, 3.05) is 14.1 Å². The Kier molecular flexibility index (Phi) is 5.23. The molecule has 3 heterocycles. The van der Waals surface area contributed by atoms with Crippen LogP contribution in [0.2, 0.25) is 0 Å². The number of rotatable bonds is 3. The van der Waals surface area contributed by atoms with Crippen LogP contribution in [0.4, 0.5) is 4.39 Å². The highest BCUT2D eigenvalue weighted by Gasteiger charge is 2.77. The molecule has 5 aliphatic rings. The van der Waals surface area contributed by atoms with Gasteiger partial charge in [-0.15, -0.1) is 0 Å². The molecule has 9 atom stereocenters. The van der Waals surface area contributed by atoms with E-state index in [2.05, 4.69) is 36.2 Å². The number of halogens is 1. The Balaban J connectivity index is 1.33. The summed E-state index contributed by atoms with van der Waals surface area (Å²) in [6.07, 6.45) is 11.0. The van der Waals surface area contributed by atoms with Gasteiger partial charge in [-0.25, -0.2) is 4.39 Å². The first-order valence-corrected chi connectivity index (χ1v) is 13.3. The molecule has 2 saturated heterocycles. The van der Waals surface area contributed by atoms with Crippen LogP contribution in [0.1, 0.15) is 63.1 Å². The molecule has 190 valence electrons. The molecule has 35 heavy (non-hydrogen) atoms. The zero-order valence-electron chi connectivity index (χ0n) is 21.4. The Bertz CT molecular complexity index is 1090. The number of aliphatic hydroxyl groups excluding tert-OH is 2. The van der Waals surface area contributed by atoms with Crippen molar-refractivity contribution in [2.45, 2.75) is 93.9 Å². The minimum absolute atomic E-state index is 0.0746. The standard InChI is InChI=1S/C29H39FN2O3/c1-18-19(6-5-15-31-18)7-8-20-9-10-23-26(20,2)11-13-28(30)16-21-24(33)25(34)22(32(3)4)17-27(21)12-14-29(23,28)35-27/h5-9,15,21-25,33-34H,10-14,16-17H2,1-4H3/b8-7+/t21?,22-,23?,24+,25+,26+,27+,28?,29-/m0/s1. The van der Waals surface area contributed by atoms with Gasteiger partial charge in [0, 0.05) is 29.8 Å². The molecule has 0 amide bonds. The molecule has 4 fully saturated rings. The van der Waals surface area contributed by atoms with Crippen molar-refractivity contribution in [1.29, 1.82) is 0 Å². The Hall–Kier alpha value is -1.60. The van der Waals surface area contributed by atoms with Crippen LogP contribution in [0, 0.1) is 24.2 Å². The van der Waals surface area contributed by atoms with Gasteiger partial charge in [-0.2, -0.15) is 0 Å². The normalized spacial score (nSPS) is 48.6. The highest BCUT2D eigenvalue weighted by atomic mass is 19.1. The third-order valence-corrected chi connectivity index (χ3v) is 10.8. The van der Waals surface area contributed by atoms with E-state index in [4.69, 9.17) is 4.74 Å². The molecule has 2 saturated carbocycles. The Labute approximate surface area is 208 Å². The molecule has 2 spiro atoms. The third kappa shape index (κ3) is 3.09. The number of alkyl halides is 1. The van der Waals surface area contributed by atoms with Crippen LogP contribution in [0.15, 0.2) is 36.1 Å². The molecule has 3 unspecified atom stereocenters. The lowest BCUT2D eigenvalue weighted by molar-refractivity contribution is -0.315. The number of aliphatic hydroxyl groups is 2. The van der Waals surface area contributed by atoms with E-state index < -0.39 is 29.1 Å². The summed E-state index contributed by atoms with van der Waals surface area (Å²) < 4.78 is 24.1. The molecule has 5 nitrogen and oxygen atoms in total. The van der Waals surface area contributed by atoms with Gasteiger partial charge in [-0.05, 0) is 88.6 Å². The Morgan fingerprint density at radius 1 is 1.11 bits per heavy atom. The molecule has 0 aromatic carbocycles. The maximum absolute atomic E-state index is 17.1. The lowest BCUT2D eigenvalue weighted by Crippen LogP contribution is -2.72. The summed E-state index contributed by atoms with van der Waals surface area (Å²) in [4.78, 5) is 6.38. The van der Waals surface area contributed by atoms with Gasteiger partial charge in [0.05, 0.1) is 17.8 Å². The summed E-state index contributed by atoms with van der Waals surface area (Å²) in [5.41, 5.74) is 0.379. The zero-order valence-corrected chi connectivity index (χ0v) is 21.4. The maximum atomic E-state index is 17.1. The van der Waals surface area contributed by atoms with Gasteiger partial charge in [0.2, 0.25) is 0 Å². The van der Waals surface area contributed by atoms with Gasteiger partial charge < -0.3 is 19.8 Å². The summed E-state index contributed by atoms with van der Waals surface area (Å²) in [6.45, 7) is 4.32. The van der Waals surface area contributed by atoms with Crippen LogP contribution in [0.3, 0.4) is 0 Å². The maximum Gasteiger partial charge on any atom is 0.140 e. The summed E-state index contributed by atoms with van der Waals surface area (Å²) in [5, 5.41) is 22.0. The van der Waals surface area contributed by atoms with Crippen molar-refractivity contribution in [1.82, 2.24) is 9.88 Å². The fourth-order valence-corrected chi connectivity index (χ4v) is 8.70. The molecule has 6 rings (SSSR count). The number of aryl methyl sites for hydroxylation is 1. The van der Waals surface area contributed by atoms with E-state index in [-0.39, 0.29) is 29.7 Å². The van der Waals surface area contributed by atoms with E-state index in [0.717, 1.165) is 30.5 Å². The molecule has 2 aliphatic heterocycles. The molecule has 0 radical (unpaired) electrons. The number of nitrogens with zero attached hydrogens (tertiary/aromatic N) is 2. The van der Waals surface area contributed by atoms with Crippen molar-refractivity contribution >= 4 is 6.08 Å². The largest absolute Gasteiger partial charge is 0.390 e. The van der Waals surface area contributed by atoms with Crippen LogP contribution < -0.4 is 0 Å². The Morgan fingerprint density at radius 3 is 2.66 bits per heavy atom. The van der Waals surface area contributed by atoms with Gasteiger partial charge >= 0.3 is 0 Å². The summed E-state index contributed by atoms with van der Waals surface area (Å²) in [5.74, 6) is -0.286. The molecule has 1 aromatic rings. The monoisotopic (exact) mass is 482 g/mol. The molecule has 1 aromatic heterocycles. The second-order valence-electron chi connectivity index (χ2n) is 12.4. The third-order valence-electron chi connectivity index (χ3n) is 10.8. The average molecular weight is 483 g/mol. The predicted octanol–water partition coefficient (Wildman–Crippen LogP) is 4.22. The lowest BCUT2D eigenvalue weighted by atomic mass is 9.52. The first-order valence-electron chi connectivity index (χ1n) is 13.3. The molecular weight excluding hydrogens is 443 g/mol. The van der Waals surface area contributed by atoms with Crippen molar-refractivity contribution in [3.63, 3.8) is 0 Å². The topological polar surface area (TPSA) is 65.8 Å². The van der Waals surface area contributed by atoms with Gasteiger partial charge in [0.1, 0.15) is 11.3 Å². The summed E-state index contributed by atoms with van der Waals surface area (Å²) in [6, 6.07) is 3.84. The van der Waals surface area contributed by atoms with E-state index in [1.54, 1.807) is 0 Å². The van der Waals surface area contributed by atoms with Crippen molar-refractivity contribution < 1.29 is 19.3 Å². The minimum atomic E-state index is -1.47. The van der Waals surface area contributed by atoms with Crippen LogP contribution >= 0.6 is 0 Å². The number of allylic oxidation sites excluding steroid dienone is 3. The molecule has 2 bridgehead atoms. The van der Waals surface area contributed by atoms with Gasteiger partial charge in [0.25, 0.3) is 0 Å². The second kappa shape index (κ2) is 7.70. The van der Waals surface area contributed by atoms with Crippen LogP contribution in [0.5, 0.6) is 0 Å². The molecule has 6 heteroatoms. The minimum Gasteiger partial charge on any atom is -0.390 e. The van der Waals surface area contributed by atoms with Crippen molar-refractivity contribution in [2.24, 2.45) is 17.3 Å². The number of ether oxygens (including phenoxy) is 1. The van der Waals surface area contributed by atoms with Crippen molar-refractivity contribution in [3.05, 3.63) is 47.3 Å². The SMILES string of the molecule is Cc1ncccc1/C=C/C1=CCC2[C@@]34CC[C@]5(C[C@H](N(C)C)[C@@H](O)[C@H](O)C5CC3(F)CC[C@]12C)O4. The zero-order chi connectivity index (χ0) is 24.8. The van der Waals surface area contributed by atoms with Gasteiger partial charge in [-0.3, -0.25) is 4.98 Å². The predicted molar refractivity (Wildman–Crippen MR) is 133 cm³/mol. The van der Waals surface area contributed by atoms with Crippen LogP contribution in [-0.4, -0.2) is 69.3 Å². The second-order valence-corrected chi connectivity index (χ2v) is 12.4. The first kappa shape index (κ1) is 23.8. The van der Waals surface area contributed by atoms with Crippen LogP contribution in [0.25, 0.3) is 6.08 Å². The Morgan fingerprint density at radius 2 is 1.91 bits per heavy atom. The number of likely N-dealkylation sites (N-methyl/N-ethyl adjacent to an activating group) is 1. The van der Waals surface area contributed by atoms with E-state index >= 15 is 4.39 Å². The number of fused-ring (bicyclic) bond motifs is 1. The number of pyridine rings is 1. The molecular formula is C29H39FN2O3. The fourth-order valence-electron chi connectivity index (χ4n) is 8.70. The molecule has 3 aliphatic carbocycles. The van der Waals surface area contributed by atoms with Gasteiger partial charge in [-0.1, -0.05) is 31.2 Å². The summed E-state index contributed by atoms with van der Waals surface area (Å²) >= 11 is 0.